The summed E-state index contributed by atoms with van der Waals surface area (Å²) in [5, 5.41) is 11.7. The van der Waals surface area contributed by atoms with Gasteiger partial charge in [0.2, 0.25) is 0 Å². The number of amides is 1. The van der Waals surface area contributed by atoms with Gasteiger partial charge in [-0.25, -0.2) is 8.42 Å². The first-order chi connectivity index (χ1) is 17.7. The monoisotopic (exact) mass is 536 g/mol. The molecule has 1 aliphatic rings. The summed E-state index contributed by atoms with van der Waals surface area (Å²) < 4.78 is 28.9. The first kappa shape index (κ1) is 25.1. The third-order valence-electron chi connectivity index (χ3n) is 6.72. The summed E-state index contributed by atoms with van der Waals surface area (Å²) in [6, 6.07) is 16.9. The number of aromatic nitrogens is 2. The number of hydrogen-bond acceptors (Lipinski definition) is 6. The molecule has 190 valence electrons. The van der Waals surface area contributed by atoms with E-state index in [4.69, 9.17) is 11.6 Å². The van der Waals surface area contributed by atoms with Gasteiger partial charge in [0, 0.05) is 41.6 Å². The molecule has 2 N–H and O–H groups in total. The minimum atomic E-state index is -3.95. The maximum Gasteiger partial charge on any atom is 0.264 e. The van der Waals surface area contributed by atoms with Crippen molar-refractivity contribution in [1.29, 1.82) is 0 Å². The van der Waals surface area contributed by atoms with Gasteiger partial charge in [0.05, 0.1) is 16.8 Å². The van der Waals surface area contributed by atoms with E-state index >= 15 is 0 Å². The number of aliphatic hydroxyl groups is 1. The van der Waals surface area contributed by atoms with Crippen molar-refractivity contribution in [3.8, 4) is 0 Å². The number of anilines is 1. The molecule has 4 aromatic rings. The molecule has 1 amide bonds. The zero-order chi connectivity index (χ0) is 26.2. The van der Waals surface area contributed by atoms with Crippen LogP contribution in [0.3, 0.4) is 0 Å². The minimum absolute atomic E-state index is 0.0250. The molecule has 0 bridgehead atoms. The summed E-state index contributed by atoms with van der Waals surface area (Å²) in [6.45, 7) is 2.48. The maximum atomic E-state index is 13.2. The Kier molecular flexibility index (Phi) is 6.61. The van der Waals surface area contributed by atoms with E-state index in [9.17, 15) is 18.3 Å². The van der Waals surface area contributed by atoms with Crippen LogP contribution in [0.1, 0.15) is 34.3 Å². The number of nitrogens with one attached hydrogen (secondary N) is 1. The number of carbonyl (C=O) groups is 1. The molecule has 1 aromatic heterocycles. The molecule has 1 saturated heterocycles. The summed E-state index contributed by atoms with van der Waals surface area (Å²) in [7, 11) is -3.95. The largest absolute Gasteiger partial charge is 0.385 e. The van der Waals surface area contributed by atoms with Gasteiger partial charge in [-0.05, 0) is 61.7 Å². The molecular formula is C27H25ClN4O4S. The second-order valence-electron chi connectivity index (χ2n) is 9.12. The lowest BCUT2D eigenvalue weighted by molar-refractivity contribution is -0.0210. The molecular weight excluding hydrogens is 512 g/mol. The lowest BCUT2D eigenvalue weighted by Gasteiger charge is -2.39. The smallest absolute Gasteiger partial charge is 0.264 e. The van der Waals surface area contributed by atoms with Crippen molar-refractivity contribution >= 4 is 44.3 Å². The molecule has 0 radical (unpaired) electrons. The van der Waals surface area contributed by atoms with Crippen LogP contribution in [0.25, 0.3) is 11.0 Å². The van der Waals surface area contributed by atoms with Crippen molar-refractivity contribution in [2.24, 2.45) is 0 Å². The van der Waals surface area contributed by atoms with E-state index in [-0.39, 0.29) is 16.3 Å². The second-order valence-corrected chi connectivity index (χ2v) is 11.2. The van der Waals surface area contributed by atoms with Gasteiger partial charge in [0.15, 0.2) is 0 Å². The van der Waals surface area contributed by atoms with Gasteiger partial charge in [-0.3, -0.25) is 19.5 Å². The van der Waals surface area contributed by atoms with Gasteiger partial charge in [-0.1, -0.05) is 35.9 Å². The normalized spacial score (nSPS) is 15.5. The van der Waals surface area contributed by atoms with Crippen LogP contribution >= 0.6 is 11.6 Å². The van der Waals surface area contributed by atoms with Crippen LogP contribution in [0.4, 0.5) is 5.69 Å². The van der Waals surface area contributed by atoms with Crippen molar-refractivity contribution < 1.29 is 18.3 Å². The Morgan fingerprint density at radius 3 is 2.49 bits per heavy atom. The standard InChI is InChI=1S/C27H25ClN4O4S/c1-18-17-19(26(33)32-15-11-27(34,12-16-32)20-5-2-3-6-21(20)28)9-10-22(18)31-37(35,36)24-8-4-7-23-25(24)30-14-13-29-23/h2-10,13-14,17,31,34H,11-12,15-16H2,1H3. The van der Waals surface area contributed by atoms with E-state index in [1.54, 1.807) is 48.2 Å². The van der Waals surface area contributed by atoms with Crippen molar-refractivity contribution in [3.63, 3.8) is 0 Å². The average molecular weight is 537 g/mol. The highest BCUT2D eigenvalue weighted by Gasteiger charge is 2.37. The first-order valence-electron chi connectivity index (χ1n) is 11.8. The number of nitrogens with zero attached hydrogens (tertiary/aromatic N) is 3. The third-order valence-corrected chi connectivity index (χ3v) is 8.45. The number of piperidine rings is 1. The SMILES string of the molecule is Cc1cc(C(=O)N2CCC(O)(c3ccccc3Cl)CC2)ccc1NS(=O)(=O)c1cccc2nccnc12. The predicted octanol–water partition coefficient (Wildman–Crippen LogP) is 4.52. The fraction of sp³-hybridized carbons (Fsp3) is 0.222. The number of sulfonamides is 1. The van der Waals surface area contributed by atoms with Crippen LogP contribution in [0.15, 0.2) is 78.0 Å². The average Bonchev–Trinajstić information content (AvgIpc) is 2.89. The highest BCUT2D eigenvalue weighted by Crippen LogP contribution is 2.37. The molecule has 1 fully saturated rings. The molecule has 8 nitrogen and oxygen atoms in total. The zero-order valence-corrected chi connectivity index (χ0v) is 21.6. The van der Waals surface area contributed by atoms with Gasteiger partial charge < -0.3 is 10.0 Å². The quantitative estimate of drug-likeness (QED) is 0.388. The molecule has 0 unspecified atom stereocenters. The molecule has 37 heavy (non-hydrogen) atoms. The topological polar surface area (TPSA) is 112 Å². The summed E-state index contributed by atoms with van der Waals surface area (Å²) in [5.41, 5.74) is 1.76. The lowest BCUT2D eigenvalue weighted by atomic mass is 9.84. The number of halogens is 1. The van der Waals surface area contributed by atoms with Crippen molar-refractivity contribution in [1.82, 2.24) is 14.9 Å². The number of likely N-dealkylation sites (tertiary alicyclic amines) is 1. The van der Waals surface area contributed by atoms with E-state index < -0.39 is 15.6 Å². The Morgan fingerprint density at radius 2 is 1.76 bits per heavy atom. The van der Waals surface area contributed by atoms with E-state index in [2.05, 4.69) is 14.7 Å². The van der Waals surface area contributed by atoms with E-state index in [0.29, 0.717) is 58.8 Å². The van der Waals surface area contributed by atoms with Crippen LogP contribution in [-0.2, 0) is 15.6 Å². The maximum absolute atomic E-state index is 13.2. The number of carbonyl (C=O) groups excluding carboxylic acids is 1. The van der Waals surface area contributed by atoms with Gasteiger partial charge in [0.1, 0.15) is 10.4 Å². The summed E-state index contributed by atoms with van der Waals surface area (Å²) in [5.74, 6) is -0.178. The van der Waals surface area contributed by atoms with E-state index in [1.807, 2.05) is 18.2 Å². The summed E-state index contributed by atoms with van der Waals surface area (Å²) >= 11 is 6.29. The molecule has 0 saturated carbocycles. The highest BCUT2D eigenvalue weighted by atomic mass is 35.5. The molecule has 0 atom stereocenters. The van der Waals surface area contributed by atoms with Crippen LogP contribution in [0.2, 0.25) is 5.02 Å². The zero-order valence-electron chi connectivity index (χ0n) is 20.1. The fourth-order valence-corrected chi connectivity index (χ4v) is 6.27. The fourth-order valence-electron chi connectivity index (χ4n) is 4.66. The number of fused-ring (bicyclic) bond motifs is 1. The number of hydrogen-bond donors (Lipinski definition) is 2. The molecule has 2 heterocycles. The van der Waals surface area contributed by atoms with Gasteiger partial charge in [-0.2, -0.15) is 0 Å². The predicted molar refractivity (Wildman–Crippen MR) is 142 cm³/mol. The second kappa shape index (κ2) is 9.74. The van der Waals surface area contributed by atoms with Crippen LogP contribution in [0.5, 0.6) is 0 Å². The van der Waals surface area contributed by atoms with Crippen LogP contribution < -0.4 is 4.72 Å². The van der Waals surface area contributed by atoms with Crippen molar-refractivity contribution in [3.05, 3.63) is 94.8 Å². The van der Waals surface area contributed by atoms with Crippen LogP contribution in [-0.4, -0.2) is 47.4 Å². The molecule has 5 rings (SSSR count). The first-order valence-corrected chi connectivity index (χ1v) is 13.6. The van der Waals surface area contributed by atoms with Crippen LogP contribution in [0, 0.1) is 6.92 Å². The number of para-hydroxylation sites is 1. The van der Waals surface area contributed by atoms with Crippen molar-refractivity contribution in [2.45, 2.75) is 30.3 Å². The summed E-state index contributed by atoms with van der Waals surface area (Å²) in [4.78, 5) is 23.3. The number of aryl methyl sites for hydroxylation is 1. The van der Waals surface area contributed by atoms with E-state index in [1.165, 1.54) is 18.5 Å². The van der Waals surface area contributed by atoms with E-state index in [0.717, 1.165) is 0 Å². The lowest BCUT2D eigenvalue weighted by Crippen LogP contribution is -2.45. The Morgan fingerprint density at radius 1 is 1.03 bits per heavy atom. The van der Waals surface area contributed by atoms with Gasteiger partial charge in [0.25, 0.3) is 15.9 Å². The Bertz CT molecular complexity index is 1600. The van der Waals surface area contributed by atoms with Gasteiger partial charge >= 0.3 is 0 Å². The molecule has 3 aromatic carbocycles. The highest BCUT2D eigenvalue weighted by molar-refractivity contribution is 7.93. The van der Waals surface area contributed by atoms with Gasteiger partial charge in [-0.15, -0.1) is 0 Å². The minimum Gasteiger partial charge on any atom is -0.385 e. The molecule has 10 heteroatoms. The van der Waals surface area contributed by atoms with Crippen molar-refractivity contribution in [2.75, 3.05) is 17.8 Å². The molecule has 0 spiro atoms. The number of rotatable bonds is 5. The summed E-state index contributed by atoms with van der Waals surface area (Å²) in [6.07, 6.45) is 3.69. The Balaban J connectivity index is 1.31. The molecule has 1 aliphatic heterocycles. The third kappa shape index (κ3) is 4.90. The molecule has 0 aliphatic carbocycles. The Hall–Kier alpha value is -3.53. The number of benzene rings is 3. The Labute approximate surface area is 220 Å².